The summed E-state index contributed by atoms with van der Waals surface area (Å²) in [5, 5.41) is 9.70. The van der Waals surface area contributed by atoms with Crippen molar-refractivity contribution in [1.29, 1.82) is 0 Å². The molecule has 76 valence electrons. The fourth-order valence-corrected chi connectivity index (χ4v) is 1.61. The number of aromatic nitrogens is 1. The van der Waals surface area contributed by atoms with Crippen molar-refractivity contribution < 1.29 is 5.11 Å². The molecule has 3 nitrogen and oxygen atoms in total. The average Bonchev–Trinajstić information content (AvgIpc) is 2.94. The Labute approximate surface area is 83.0 Å². The van der Waals surface area contributed by atoms with Crippen molar-refractivity contribution in [2.24, 2.45) is 5.92 Å². The van der Waals surface area contributed by atoms with Gasteiger partial charge in [-0.25, -0.2) is 0 Å². The highest BCUT2D eigenvalue weighted by Gasteiger charge is 2.29. The highest BCUT2D eigenvalue weighted by molar-refractivity contribution is 5.07. The number of rotatable bonds is 3. The Balaban J connectivity index is 2.08. The Morgan fingerprint density at radius 2 is 2.36 bits per heavy atom. The lowest BCUT2D eigenvalue weighted by molar-refractivity contribution is 0.131. The Bertz CT molecular complexity index is 379. The number of pyridine rings is 1. The minimum Gasteiger partial charge on any atom is -0.391 e. The third kappa shape index (κ3) is 2.04. The van der Waals surface area contributed by atoms with Gasteiger partial charge in [0.05, 0.1) is 6.10 Å². The van der Waals surface area contributed by atoms with Gasteiger partial charge in [0, 0.05) is 30.6 Å². The van der Waals surface area contributed by atoms with E-state index < -0.39 is 0 Å². The minimum atomic E-state index is -0.253. The number of hydrogen-bond acceptors (Lipinski definition) is 2. The van der Waals surface area contributed by atoms with Crippen LogP contribution in [0.25, 0.3) is 0 Å². The molecule has 0 radical (unpaired) electrons. The van der Waals surface area contributed by atoms with E-state index in [9.17, 15) is 9.90 Å². The molecule has 3 heteroatoms. The van der Waals surface area contributed by atoms with Gasteiger partial charge in [-0.15, -0.1) is 0 Å². The van der Waals surface area contributed by atoms with E-state index in [0.29, 0.717) is 12.5 Å². The Morgan fingerprint density at radius 1 is 1.64 bits per heavy atom. The van der Waals surface area contributed by atoms with Crippen LogP contribution in [0.15, 0.2) is 23.3 Å². The molecule has 1 aromatic heterocycles. The molecule has 1 aromatic rings. The summed E-state index contributed by atoms with van der Waals surface area (Å²) in [7, 11) is 0. The van der Waals surface area contributed by atoms with E-state index in [2.05, 4.69) is 0 Å². The van der Waals surface area contributed by atoms with E-state index in [0.717, 1.165) is 18.4 Å². The molecular weight excluding hydrogens is 178 g/mol. The Morgan fingerprint density at radius 3 is 2.93 bits per heavy atom. The quantitative estimate of drug-likeness (QED) is 0.776. The summed E-state index contributed by atoms with van der Waals surface area (Å²) >= 11 is 0. The molecule has 1 aliphatic rings. The van der Waals surface area contributed by atoms with E-state index in [4.69, 9.17) is 0 Å². The fraction of sp³-hybridized carbons (Fsp3) is 0.545. The molecule has 0 spiro atoms. The number of aliphatic hydroxyl groups excluding tert-OH is 1. The van der Waals surface area contributed by atoms with Crippen LogP contribution in [0.5, 0.6) is 0 Å². The van der Waals surface area contributed by atoms with Gasteiger partial charge in [-0.2, -0.15) is 0 Å². The largest absolute Gasteiger partial charge is 0.391 e. The predicted octanol–water partition coefficient (Wildman–Crippen LogP) is 0.928. The smallest absolute Gasteiger partial charge is 0.184 e. The van der Waals surface area contributed by atoms with Gasteiger partial charge in [0.15, 0.2) is 5.43 Å². The molecule has 2 rings (SSSR count). The first kappa shape index (κ1) is 9.46. The van der Waals surface area contributed by atoms with Gasteiger partial charge in [-0.05, 0) is 25.7 Å². The van der Waals surface area contributed by atoms with Crippen LogP contribution in [0.2, 0.25) is 0 Å². The van der Waals surface area contributed by atoms with Crippen molar-refractivity contribution in [3.05, 3.63) is 34.2 Å². The van der Waals surface area contributed by atoms with Gasteiger partial charge >= 0.3 is 0 Å². The van der Waals surface area contributed by atoms with Crippen molar-refractivity contribution in [2.45, 2.75) is 32.4 Å². The molecule has 1 aliphatic carbocycles. The summed E-state index contributed by atoms with van der Waals surface area (Å²) in [6, 6.07) is 1.55. The molecule has 0 amide bonds. The van der Waals surface area contributed by atoms with Crippen LogP contribution in [0, 0.1) is 12.8 Å². The zero-order valence-corrected chi connectivity index (χ0v) is 8.31. The maximum absolute atomic E-state index is 11.1. The van der Waals surface area contributed by atoms with E-state index in [1.807, 2.05) is 4.57 Å². The highest BCUT2D eigenvalue weighted by Crippen LogP contribution is 2.33. The van der Waals surface area contributed by atoms with Gasteiger partial charge in [0.2, 0.25) is 0 Å². The molecule has 1 saturated carbocycles. The summed E-state index contributed by atoms with van der Waals surface area (Å²) in [4.78, 5) is 11.1. The van der Waals surface area contributed by atoms with Crippen LogP contribution >= 0.6 is 0 Å². The molecule has 0 saturated heterocycles. The van der Waals surface area contributed by atoms with Crippen molar-refractivity contribution in [3.63, 3.8) is 0 Å². The van der Waals surface area contributed by atoms with Crippen LogP contribution in [0.1, 0.15) is 18.4 Å². The second kappa shape index (κ2) is 3.58. The molecule has 1 N–H and O–H groups in total. The summed E-state index contributed by atoms with van der Waals surface area (Å²) in [5.41, 5.74) is 0.789. The number of aliphatic hydroxyl groups is 1. The lowest BCUT2D eigenvalue weighted by Gasteiger charge is -2.12. The fourth-order valence-electron chi connectivity index (χ4n) is 1.61. The Hall–Kier alpha value is -1.09. The van der Waals surface area contributed by atoms with Crippen molar-refractivity contribution in [2.75, 3.05) is 0 Å². The molecule has 1 unspecified atom stereocenters. The third-order valence-corrected chi connectivity index (χ3v) is 2.73. The van der Waals surface area contributed by atoms with E-state index in [1.54, 1.807) is 25.4 Å². The van der Waals surface area contributed by atoms with Gasteiger partial charge in [-0.1, -0.05) is 0 Å². The number of nitrogens with zero attached hydrogens (tertiary/aromatic N) is 1. The summed E-state index contributed by atoms with van der Waals surface area (Å²) < 4.78 is 1.89. The number of aryl methyl sites for hydroxylation is 1. The maximum Gasteiger partial charge on any atom is 0.184 e. The monoisotopic (exact) mass is 193 g/mol. The molecule has 14 heavy (non-hydrogen) atoms. The Kier molecular flexibility index (Phi) is 2.42. The molecule has 0 aliphatic heterocycles. The van der Waals surface area contributed by atoms with Gasteiger partial charge in [0.25, 0.3) is 0 Å². The van der Waals surface area contributed by atoms with Crippen LogP contribution in [0.4, 0.5) is 0 Å². The lowest BCUT2D eigenvalue weighted by atomic mass is 10.2. The second-order valence-corrected chi connectivity index (χ2v) is 4.09. The average molecular weight is 193 g/mol. The van der Waals surface area contributed by atoms with Gasteiger partial charge < -0.3 is 9.67 Å². The van der Waals surface area contributed by atoms with Crippen molar-refractivity contribution >= 4 is 0 Å². The summed E-state index contributed by atoms with van der Waals surface area (Å²) in [6.45, 7) is 2.40. The minimum absolute atomic E-state index is 0.0576. The van der Waals surface area contributed by atoms with E-state index >= 15 is 0 Å². The first-order valence-electron chi connectivity index (χ1n) is 5.01. The van der Waals surface area contributed by atoms with Crippen molar-refractivity contribution in [3.8, 4) is 0 Å². The van der Waals surface area contributed by atoms with Gasteiger partial charge in [-0.3, -0.25) is 4.79 Å². The first-order chi connectivity index (χ1) is 6.66. The van der Waals surface area contributed by atoms with E-state index in [1.165, 1.54) is 0 Å². The predicted molar refractivity (Wildman–Crippen MR) is 54.2 cm³/mol. The van der Waals surface area contributed by atoms with E-state index in [-0.39, 0.29) is 11.5 Å². The zero-order valence-electron chi connectivity index (χ0n) is 8.31. The van der Waals surface area contributed by atoms with Crippen LogP contribution in [-0.4, -0.2) is 15.8 Å². The molecular formula is C11H15NO2. The zero-order chi connectivity index (χ0) is 10.1. The number of hydrogen-bond donors (Lipinski definition) is 1. The molecule has 1 atom stereocenters. The standard InChI is InChI=1S/C11H15NO2/c1-8-6-12(5-4-10(8)13)7-11(14)9-2-3-9/h4-6,9,11,14H,2-3,7H2,1H3. The van der Waals surface area contributed by atoms with Crippen LogP contribution < -0.4 is 5.43 Å². The third-order valence-electron chi connectivity index (χ3n) is 2.73. The highest BCUT2D eigenvalue weighted by atomic mass is 16.3. The summed E-state index contributed by atoms with van der Waals surface area (Å²) in [6.07, 6.45) is 5.56. The van der Waals surface area contributed by atoms with Gasteiger partial charge in [0.1, 0.15) is 0 Å². The molecule has 1 heterocycles. The molecule has 0 aromatic carbocycles. The van der Waals surface area contributed by atoms with Crippen LogP contribution in [-0.2, 0) is 6.54 Å². The topological polar surface area (TPSA) is 42.2 Å². The van der Waals surface area contributed by atoms with Crippen molar-refractivity contribution in [1.82, 2.24) is 4.57 Å². The lowest BCUT2D eigenvalue weighted by Crippen LogP contribution is -2.19. The molecule has 1 fully saturated rings. The maximum atomic E-state index is 11.1. The SMILES string of the molecule is Cc1cn(CC(O)C2CC2)ccc1=O. The first-order valence-corrected chi connectivity index (χ1v) is 5.01. The van der Waals surface area contributed by atoms with Crippen LogP contribution in [0.3, 0.4) is 0 Å². The second-order valence-electron chi connectivity index (χ2n) is 4.09. The molecule has 0 bridgehead atoms. The normalized spacial score (nSPS) is 18.1. The summed E-state index contributed by atoms with van der Waals surface area (Å²) in [5.74, 6) is 0.481.